The number of hydrogen-bond acceptors (Lipinski definition) is 3. The van der Waals surface area contributed by atoms with Gasteiger partial charge in [-0.1, -0.05) is 23.7 Å². The lowest BCUT2D eigenvalue weighted by atomic mass is 10.1. The zero-order valence-electron chi connectivity index (χ0n) is 10.8. The van der Waals surface area contributed by atoms with Gasteiger partial charge in [-0.05, 0) is 31.5 Å². The molecule has 0 bridgehead atoms. The van der Waals surface area contributed by atoms with Crippen molar-refractivity contribution in [2.24, 2.45) is 7.05 Å². The molecule has 1 aromatic carbocycles. The first-order valence-electron chi connectivity index (χ1n) is 5.91. The highest BCUT2D eigenvalue weighted by Gasteiger charge is 2.08. The Bertz CT molecular complexity index is 536. The zero-order valence-corrected chi connectivity index (χ0v) is 11.6. The van der Waals surface area contributed by atoms with Crippen LogP contribution in [0.1, 0.15) is 30.2 Å². The second kappa shape index (κ2) is 5.50. The Labute approximate surface area is 112 Å². The second-order valence-electron chi connectivity index (χ2n) is 4.38. The van der Waals surface area contributed by atoms with Crippen molar-refractivity contribution in [3.8, 4) is 0 Å². The summed E-state index contributed by atoms with van der Waals surface area (Å²) in [5.41, 5.74) is 1.17. The first-order valence-corrected chi connectivity index (χ1v) is 6.29. The van der Waals surface area contributed by atoms with Crippen LogP contribution in [-0.2, 0) is 13.6 Å². The van der Waals surface area contributed by atoms with Gasteiger partial charge in [-0.3, -0.25) is 0 Å². The van der Waals surface area contributed by atoms with E-state index >= 15 is 0 Å². The predicted octanol–water partition coefficient (Wildman–Crippen LogP) is 2.63. The van der Waals surface area contributed by atoms with Gasteiger partial charge in [-0.2, -0.15) is 0 Å². The van der Waals surface area contributed by atoms with E-state index in [1.807, 2.05) is 36.7 Å². The Morgan fingerprint density at radius 1 is 1.39 bits per heavy atom. The van der Waals surface area contributed by atoms with E-state index in [1.54, 1.807) is 0 Å². The van der Waals surface area contributed by atoms with Crippen LogP contribution in [0.3, 0.4) is 0 Å². The van der Waals surface area contributed by atoms with Crippen LogP contribution in [-0.4, -0.2) is 14.8 Å². The van der Waals surface area contributed by atoms with E-state index in [9.17, 15) is 0 Å². The van der Waals surface area contributed by atoms with Gasteiger partial charge in [0.2, 0.25) is 0 Å². The number of nitrogens with zero attached hydrogens (tertiary/aromatic N) is 3. The van der Waals surface area contributed by atoms with Crippen molar-refractivity contribution in [1.29, 1.82) is 0 Å². The molecule has 0 amide bonds. The summed E-state index contributed by atoms with van der Waals surface area (Å²) in [6.07, 6.45) is 0. The van der Waals surface area contributed by atoms with E-state index in [0.717, 1.165) is 16.7 Å². The Morgan fingerprint density at radius 2 is 2.17 bits per heavy atom. The number of aromatic nitrogens is 3. The van der Waals surface area contributed by atoms with Gasteiger partial charge < -0.3 is 9.88 Å². The van der Waals surface area contributed by atoms with Crippen molar-refractivity contribution < 1.29 is 0 Å². The van der Waals surface area contributed by atoms with Gasteiger partial charge in [0.05, 0.1) is 6.54 Å². The summed E-state index contributed by atoms with van der Waals surface area (Å²) in [7, 11) is 1.97. The minimum absolute atomic E-state index is 0.223. The summed E-state index contributed by atoms with van der Waals surface area (Å²) in [5, 5.41) is 12.3. The number of benzene rings is 1. The maximum atomic E-state index is 5.98. The standard InChI is InChI=1S/C13H17ClN4/c1-9(11-5-4-6-12(14)7-11)15-8-13-17-16-10(2)18(13)3/h4-7,9,15H,8H2,1-3H3/t9-/m0/s1. The molecule has 0 saturated carbocycles. The van der Waals surface area contributed by atoms with E-state index in [0.29, 0.717) is 6.54 Å². The van der Waals surface area contributed by atoms with Gasteiger partial charge in [0, 0.05) is 18.1 Å². The molecule has 0 aliphatic rings. The normalized spacial score (nSPS) is 12.7. The summed E-state index contributed by atoms with van der Waals surface area (Å²) < 4.78 is 1.98. The number of aryl methyl sites for hydroxylation is 1. The second-order valence-corrected chi connectivity index (χ2v) is 4.82. The van der Waals surface area contributed by atoms with Gasteiger partial charge >= 0.3 is 0 Å². The minimum Gasteiger partial charge on any atom is -0.317 e. The first-order chi connectivity index (χ1) is 8.58. The lowest BCUT2D eigenvalue weighted by Gasteiger charge is -2.14. The predicted molar refractivity (Wildman–Crippen MR) is 72.4 cm³/mol. The molecule has 0 radical (unpaired) electrons. The molecule has 0 unspecified atom stereocenters. The Kier molecular flexibility index (Phi) is 3.99. The van der Waals surface area contributed by atoms with Crippen LogP contribution < -0.4 is 5.32 Å². The molecule has 0 saturated heterocycles. The number of hydrogen-bond donors (Lipinski definition) is 1. The molecule has 2 aromatic rings. The highest BCUT2D eigenvalue weighted by molar-refractivity contribution is 6.30. The van der Waals surface area contributed by atoms with E-state index < -0.39 is 0 Å². The molecule has 0 aliphatic carbocycles. The van der Waals surface area contributed by atoms with Crippen molar-refractivity contribution in [3.63, 3.8) is 0 Å². The summed E-state index contributed by atoms with van der Waals surface area (Å²) in [6, 6.07) is 8.10. The summed E-state index contributed by atoms with van der Waals surface area (Å²) in [5.74, 6) is 1.85. The van der Waals surface area contributed by atoms with Gasteiger partial charge in [-0.25, -0.2) is 0 Å². The monoisotopic (exact) mass is 264 g/mol. The quantitative estimate of drug-likeness (QED) is 0.923. The molecule has 1 N–H and O–H groups in total. The van der Waals surface area contributed by atoms with Gasteiger partial charge in [0.15, 0.2) is 0 Å². The molecule has 18 heavy (non-hydrogen) atoms. The summed E-state index contributed by atoms with van der Waals surface area (Å²) in [6.45, 7) is 4.73. The fourth-order valence-electron chi connectivity index (χ4n) is 1.74. The van der Waals surface area contributed by atoms with E-state index in [1.165, 1.54) is 5.56 Å². The molecule has 1 atom stereocenters. The highest BCUT2D eigenvalue weighted by Crippen LogP contribution is 2.17. The fraction of sp³-hybridized carbons (Fsp3) is 0.385. The van der Waals surface area contributed by atoms with E-state index in [-0.39, 0.29) is 6.04 Å². The molecule has 96 valence electrons. The van der Waals surface area contributed by atoms with E-state index in [2.05, 4.69) is 28.5 Å². The van der Waals surface area contributed by atoms with Crippen molar-refractivity contribution in [2.45, 2.75) is 26.4 Å². The SMILES string of the molecule is Cc1nnc(CN[C@@H](C)c2cccc(Cl)c2)n1C. The van der Waals surface area contributed by atoms with Crippen LogP contribution >= 0.6 is 11.6 Å². The van der Waals surface area contributed by atoms with Crippen LogP contribution in [0, 0.1) is 6.92 Å². The smallest absolute Gasteiger partial charge is 0.146 e. The highest BCUT2D eigenvalue weighted by atomic mass is 35.5. The van der Waals surface area contributed by atoms with Crippen LogP contribution in [0.4, 0.5) is 0 Å². The van der Waals surface area contributed by atoms with Gasteiger partial charge in [-0.15, -0.1) is 10.2 Å². The van der Waals surface area contributed by atoms with Gasteiger partial charge in [0.25, 0.3) is 0 Å². The van der Waals surface area contributed by atoms with Crippen LogP contribution in [0.25, 0.3) is 0 Å². The molecule has 0 spiro atoms. The maximum Gasteiger partial charge on any atom is 0.146 e. The van der Waals surface area contributed by atoms with Crippen LogP contribution in [0.2, 0.25) is 5.02 Å². The fourth-order valence-corrected chi connectivity index (χ4v) is 1.94. The van der Waals surface area contributed by atoms with Crippen LogP contribution in [0.5, 0.6) is 0 Å². The van der Waals surface area contributed by atoms with Crippen molar-refractivity contribution in [2.75, 3.05) is 0 Å². The van der Waals surface area contributed by atoms with Crippen molar-refractivity contribution in [3.05, 3.63) is 46.5 Å². The average Bonchev–Trinajstić information content (AvgIpc) is 2.67. The molecule has 1 aromatic heterocycles. The summed E-state index contributed by atoms with van der Waals surface area (Å²) >= 11 is 5.98. The minimum atomic E-state index is 0.223. The molecule has 5 heteroatoms. The third-order valence-electron chi connectivity index (χ3n) is 3.10. The number of rotatable bonds is 4. The molecular weight excluding hydrogens is 248 g/mol. The third kappa shape index (κ3) is 2.89. The Balaban J connectivity index is 2.00. The topological polar surface area (TPSA) is 42.7 Å². The summed E-state index contributed by atoms with van der Waals surface area (Å²) in [4.78, 5) is 0. The molecule has 2 rings (SSSR count). The van der Waals surface area contributed by atoms with Crippen molar-refractivity contribution in [1.82, 2.24) is 20.1 Å². The van der Waals surface area contributed by atoms with Crippen LogP contribution in [0.15, 0.2) is 24.3 Å². The zero-order chi connectivity index (χ0) is 13.1. The first kappa shape index (κ1) is 13.1. The van der Waals surface area contributed by atoms with Gasteiger partial charge in [0.1, 0.15) is 11.6 Å². The largest absolute Gasteiger partial charge is 0.317 e. The number of nitrogens with one attached hydrogen (secondary N) is 1. The van der Waals surface area contributed by atoms with E-state index in [4.69, 9.17) is 11.6 Å². The molecule has 4 nitrogen and oxygen atoms in total. The Morgan fingerprint density at radius 3 is 2.78 bits per heavy atom. The molecular formula is C13H17ClN4. The Hall–Kier alpha value is -1.39. The maximum absolute atomic E-state index is 5.98. The lowest BCUT2D eigenvalue weighted by Crippen LogP contribution is -2.20. The third-order valence-corrected chi connectivity index (χ3v) is 3.33. The molecule has 0 fully saturated rings. The molecule has 0 aliphatic heterocycles. The number of halogens is 1. The lowest BCUT2D eigenvalue weighted by molar-refractivity contribution is 0.547. The average molecular weight is 265 g/mol. The molecule has 1 heterocycles. The van der Waals surface area contributed by atoms with Crippen molar-refractivity contribution >= 4 is 11.6 Å².